The van der Waals surface area contributed by atoms with E-state index in [0.29, 0.717) is 16.8 Å². The highest BCUT2D eigenvalue weighted by Crippen LogP contribution is 2.65. The van der Waals surface area contributed by atoms with E-state index in [1.807, 2.05) is 18.2 Å². The van der Waals surface area contributed by atoms with Crippen molar-refractivity contribution >= 4 is 80.8 Å². The smallest absolute Gasteiger partial charge is 0.258 e. The Hall–Kier alpha value is -3.28. The van der Waals surface area contributed by atoms with Gasteiger partial charge in [-0.1, -0.05) is 23.8 Å². The van der Waals surface area contributed by atoms with Gasteiger partial charge in [0.2, 0.25) is 11.8 Å². The van der Waals surface area contributed by atoms with Crippen LogP contribution in [0, 0.1) is 27.1 Å². The number of benzene rings is 3. The number of anilines is 2. The van der Waals surface area contributed by atoms with Gasteiger partial charge in [0.1, 0.15) is 11.6 Å². The van der Waals surface area contributed by atoms with Crippen LogP contribution in [0.2, 0.25) is 0 Å². The zero-order valence-corrected chi connectivity index (χ0v) is 25.9. The minimum atomic E-state index is -2.02. The van der Waals surface area contributed by atoms with Crippen LogP contribution in [0.1, 0.15) is 24.3 Å². The number of imide groups is 2. The number of alkyl halides is 2. The Morgan fingerprint density at radius 2 is 1.40 bits per heavy atom. The minimum absolute atomic E-state index is 0.0129. The first kappa shape index (κ1) is 28.5. The third-order valence-corrected chi connectivity index (χ3v) is 11.3. The molecule has 0 bridgehead atoms. The van der Waals surface area contributed by atoms with Crippen molar-refractivity contribution in [2.45, 2.75) is 28.5 Å². The molecule has 6 unspecified atom stereocenters. The van der Waals surface area contributed by atoms with Gasteiger partial charge in [0.25, 0.3) is 11.8 Å². The molecule has 6 atom stereocenters. The van der Waals surface area contributed by atoms with E-state index in [1.165, 1.54) is 29.2 Å². The van der Waals surface area contributed by atoms with Gasteiger partial charge in [-0.25, -0.2) is 9.29 Å². The average Bonchev–Trinajstić information content (AvgIpc) is 3.33. The van der Waals surface area contributed by atoms with Crippen molar-refractivity contribution in [1.82, 2.24) is 0 Å². The number of phenolic OH excluding ortho intramolecular Hbond substituents is 1. The summed E-state index contributed by atoms with van der Waals surface area (Å²) in [6, 6.07) is 18.0. The number of halogens is 4. The molecule has 3 aromatic carbocycles. The zero-order chi connectivity index (χ0) is 30.4. The van der Waals surface area contributed by atoms with Crippen molar-refractivity contribution in [2.24, 2.45) is 17.8 Å². The lowest BCUT2D eigenvalue weighted by Gasteiger charge is -2.50. The van der Waals surface area contributed by atoms with E-state index in [1.54, 1.807) is 24.3 Å². The Morgan fingerprint density at radius 3 is 2.05 bits per heavy atom. The molecule has 4 amide bonds. The number of rotatable bonds is 3. The van der Waals surface area contributed by atoms with Gasteiger partial charge in [-0.15, -0.1) is 23.2 Å². The van der Waals surface area contributed by atoms with E-state index in [0.717, 1.165) is 20.6 Å². The molecule has 1 saturated carbocycles. The number of nitrogens with zero attached hydrogens (tertiary/aromatic N) is 2. The number of aromatic hydroxyl groups is 1. The van der Waals surface area contributed by atoms with Crippen molar-refractivity contribution in [3.05, 3.63) is 99.4 Å². The fourth-order valence-corrected chi connectivity index (χ4v) is 8.58. The summed E-state index contributed by atoms with van der Waals surface area (Å²) in [6.07, 6.45) is 1.93. The maximum atomic E-state index is 14.3. The zero-order valence-electron chi connectivity index (χ0n) is 22.2. The van der Waals surface area contributed by atoms with Gasteiger partial charge >= 0.3 is 0 Å². The number of hydrogen-bond acceptors (Lipinski definition) is 5. The van der Waals surface area contributed by atoms with E-state index in [-0.39, 0.29) is 30.2 Å². The lowest BCUT2D eigenvalue weighted by Crippen LogP contribution is -2.60. The third-order valence-electron chi connectivity index (χ3n) is 9.21. The fourth-order valence-electron chi connectivity index (χ4n) is 7.28. The van der Waals surface area contributed by atoms with Crippen LogP contribution in [0.5, 0.6) is 5.75 Å². The summed E-state index contributed by atoms with van der Waals surface area (Å²) < 4.78 is 14.7. The van der Waals surface area contributed by atoms with Crippen LogP contribution in [0.4, 0.5) is 15.8 Å². The van der Waals surface area contributed by atoms with Gasteiger partial charge in [0.05, 0.1) is 23.2 Å². The number of amides is 4. The number of phenols is 1. The van der Waals surface area contributed by atoms with E-state index in [2.05, 4.69) is 22.6 Å². The molecule has 218 valence electrons. The van der Waals surface area contributed by atoms with Crippen molar-refractivity contribution in [3.8, 4) is 5.75 Å². The normalized spacial score (nSPS) is 31.6. The van der Waals surface area contributed by atoms with Crippen molar-refractivity contribution in [1.29, 1.82) is 0 Å². The van der Waals surface area contributed by atoms with E-state index < -0.39 is 57.0 Å². The van der Waals surface area contributed by atoms with Crippen LogP contribution < -0.4 is 9.80 Å². The van der Waals surface area contributed by atoms with E-state index in [4.69, 9.17) is 23.2 Å². The van der Waals surface area contributed by atoms with Gasteiger partial charge in [-0.2, -0.15) is 0 Å². The SMILES string of the molecule is O=C1C2CC=C3C(CC4(Cl)C(=O)N(c5ccc(F)cc5)C(=O)C4(Cl)C3c3ccc(O)cc3)C2C(=O)N1c1ccc(I)cc1. The molecule has 7 rings (SSSR count). The fraction of sp³-hybridized carbons (Fsp3) is 0.250. The summed E-state index contributed by atoms with van der Waals surface area (Å²) in [5.41, 5.74) is 1.73. The van der Waals surface area contributed by atoms with Gasteiger partial charge in [0, 0.05) is 9.49 Å². The van der Waals surface area contributed by atoms with Crippen LogP contribution in [0.3, 0.4) is 0 Å². The molecule has 0 radical (unpaired) electrons. The number of carbonyl (C=O) groups excluding carboxylic acids is 4. The second-order valence-electron chi connectivity index (χ2n) is 11.3. The Balaban J connectivity index is 1.38. The van der Waals surface area contributed by atoms with Crippen LogP contribution in [0.15, 0.2) is 84.4 Å². The van der Waals surface area contributed by atoms with Gasteiger partial charge in [0.15, 0.2) is 9.75 Å². The predicted octanol–water partition coefficient (Wildman–Crippen LogP) is 5.90. The Morgan fingerprint density at radius 1 is 0.791 bits per heavy atom. The predicted molar refractivity (Wildman–Crippen MR) is 166 cm³/mol. The Kier molecular flexibility index (Phi) is 6.54. The quantitative estimate of drug-likeness (QED) is 0.157. The van der Waals surface area contributed by atoms with Crippen LogP contribution >= 0.6 is 45.8 Å². The Bertz CT molecular complexity index is 1750. The molecule has 7 nitrogen and oxygen atoms in total. The molecule has 1 N–H and O–H groups in total. The molecule has 11 heteroatoms. The topological polar surface area (TPSA) is 95.0 Å². The Labute approximate surface area is 269 Å². The maximum Gasteiger partial charge on any atom is 0.258 e. The first-order valence-corrected chi connectivity index (χ1v) is 15.5. The van der Waals surface area contributed by atoms with Gasteiger partial charge in [-0.05, 0) is 108 Å². The number of fused-ring (bicyclic) bond motifs is 4. The molecule has 0 spiro atoms. The first-order valence-electron chi connectivity index (χ1n) is 13.6. The van der Waals surface area contributed by atoms with Crippen LogP contribution in [-0.2, 0) is 19.2 Å². The minimum Gasteiger partial charge on any atom is -0.508 e. The molecular formula is C32H22Cl2FIN2O5. The number of carbonyl (C=O) groups is 4. The van der Waals surface area contributed by atoms with Crippen LogP contribution in [0.25, 0.3) is 0 Å². The standard InChI is InChI=1S/C32H22Cl2FIN2O5/c33-31-15-24-22(13-14-23-25(24)28(41)37(27(23)40)19-9-5-18(36)6-10-19)26(16-1-11-21(39)12-2-16)32(31,34)30(43)38(29(31)42)20-7-3-17(35)4-8-20/h1-13,23-26,39H,14-15H2. The molecule has 2 aliphatic heterocycles. The van der Waals surface area contributed by atoms with Crippen molar-refractivity contribution < 1.29 is 28.7 Å². The number of hydrogen-bond donors (Lipinski definition) is 1. The second-order valence-corrected chi connectivity index (χ2v) is 13.8. The average molecular weight is 731 g/mol. The molecule has 2 saturated heterocycles. The first-order chi connectivity index (χ1) is 20.5. The maximum absolute atomic E-state index is 14.3. The van der Waals surface area contributed by atoms with E-state index in [9.17, 15) is 28.7 Å². The second kappa shape index (κ2) is 9.87. The van der Waals surface area contributed by atoms with Gasteiger partial charge in [-0.3, -0.25) is 24.1 Å². The highest BCUT2D eigenvalue weighted by atomic mass is 127. The van der Waals surface area contributed by atoms with Crippen LogP contribution in [-0.4, -0.2) is 38.5 Å². The molecular weight excluding hydrogens is 709 g/mol. The highest BCUT2D eigenvalue weighted by molar-refractivity contribution is 14.1. The molecule has 2 aliphatic carbocycles. The molecule has 3 fully saturated rings. The number of allylic oxidation sites excluding steroid dienone is 2. The van der Waals surface area contributed by atoms with Crippen molar-refractivity contribution in [2.75, 3.05) is 9.80 Å². The summed E-state index contributed by atoms with van der Waals surface area (Å²) in [4.78, 5) is 54.3. The van der Waals surface area contributed by atoms with Crippen molar-refractivity contribution in [3.63, 3.8) is 0 Å². The summed E-state index contributed by atoms with van der Waals surface area (Å²) >= 11 is 16.8. The lowest BCUT2D eigenvalue weighted by molar-refractivity contribution is -0.125. The third kappa shape index (κ3) is 3.90. The molecule has 0 aromatic heterocycles. The molecule has 4 aliphatic rings. The molecule has 3 aromatic rings. The molecule has 43 heavy (non-hydrogen) atoms. The molecule has 2 heterocycles. The van der Waals surface area contributed by atoms with Gasteiger partial charge < -0.3 is 5.11 Å². The highest BCUT2D eigenvalue weighted by Gasteiger charge is 2.76. The largest absolute Gasteiger partial charge is 0.508 e. The van der Waals surface area contributed by atoms with E-state index >= 15 is 0 Å². The lowest BCUT2D eigenvalue weighted by atomic mass is 9.56. The summed E-state index contributed by atoms with van der Waals surface area (Å²) in [5, 5.41) is 10.0. The summed E-state index contributed by atoms with van der Waals surface area (Å²) in [7, 11) is 0. The monoisotopic (exact) mass is 730 g/mol. The summed E-state index contributed by atoms with van der Waals surface area (Å²) in [5.74, 6) is -6.00. The summed E-state index contributed by atoms with van der Waals surface area (Å²) in [6.45, 7) is 0.